The van der Waals surface area contributed by atoms with Gasteiger partial charge in [0.05, 0.1) is 6.61 Å². The Morgan fingerprint density at radius 3 is 2.42 bits per heavy atom. The first kappa shape index (κ1) is 19.5. The standard InChI is InChI=1S/C19H24N2O5/c1-2-25-16-6-3-14(4-7-16)5-8-18(23)26-13-17(22)21-11-9-15(10-12-21)19(20)24/h3-8,15H,2,9-13H2,1H3,(H2,20,24)/b8-5+. The number of hydrogen-bond donors (Lipinski definition) is 1. The largest absolute Gasteiger partial charge is 0.494 e. The molecule has 0 spiro atoms. The molecule has 2 N–H and O–H groups in total. The average molecular weight is 360 g/mol. The highest BCUT2D eigenvalue weighted by atomic mass is 16.5. The van der Waals surface area contributed by atoms with Gasteiger partial charge in [0.25, 0.3) is 5.91 Å². The first-order valence-electron chi connectivity index (χ1n) is 8.64. The van der Waals surface area contributed by atoms with E-state index in [4.69, 9.17) is 15.2 Å². The molecule has 0 unspecified atom stereocenters. The van der Waals surface area contributed by atoms with Crippen molar-refractivity contribution in [1.29, 1.82) is 0 Å². The Kier molecular flexibility index (Phi) is 7.20. The first-order valence-corrected chi connectivity index (χ1v) is 8.64. The van der Waals surface area contributed by atoms with Gasteiger partial charge in [-0.3, -0.25) is 9.59 Å². The molecule has 26 heavy (non-hydrogen) atoms. The minimum Gasteiger partial charge on any atom is -0.494 e. The van der Waals surface area contributed by atoms with Gasteiger partial charge in [0.2, 0.25) is 5.91 Å². The lowest BCUT2D eigenvalue weighted by atomic mass is 9.96. The molecule has 0 atom stereocenters. The lowest BCUT2D eigenvalue weighted by Crippen LogP contribution is -2.43. The second-order valence-corrected chi connectivity index (χ2v) is 6.00. The summed E-state index contributed by atoms with van der Waals surface area (Å²) in [6.45, 7) is 3.09. The van der Waals surface area contributed by atoms with Crippen LogP contribution in [0.4, 0.5) is 0 Å². The number of carbonyl (C=O) groups excluding carboxylic acids is 3. The van der Waals surface area contributed by atoms with Crippen molar-refractivity contribution in [3.8, 4) is 5.75 Å². The van der Waals surface area contributed by atoms with Crippen molar-refractivity contribution in [2.24, 2.45) is 11.7 Å². The molecule has 1 aliphatic rings. The highest BCUT2D eigenvalue weighted by Gasteiger charge is 2.26. The number of benzene rings is 1. The van der Waals surface area contributed by atoms with Gasteiger partial charge < -0.3 is 20.1 Å². The second-order valence-electron chi connectivity index (χ2n) is 6.00. The number of esters is 1. The van der Waals surface area contributed by atoms with E-state index >= 15 is 0 Å². The number of rotatable bonds is 7. The van der Waals surface area contributed by atoms with Crippen LogP contribution in [-0.2, 0) is 19.1 Å². The summed E-state index contributed by atoms with van der Waals surface area (Å²) in [6, 6.07) is 7.27. The average Bonchev–Trinajstić information content (AvgIpc) is 2.66. The van der Waals surface area contributed by atoms with E-state index in [2.05, 4.69) is 0 Å². The first-order chi connectivity index (χ1) is 12.5. The zero-order valence-corrected chi connectivity index (χ0v) is 14.8. The van der Waals surface area contributed by atoms with Gasteiger partial charge in [-0.15, -0.1) is 0 Å². The number of likely N-dealkylation sites (tertiary alicyclic amines) is 1. The summed E-state index contributed by atoms with van der Waals surface area (Å²) in [7, 11) is 0. The molecule has 1 aromatic rings. The van der Waals surface area contributed by atoms with E-state index < -0.39 is 5.97 Å². The summed E-state index contributed by atoms with van der Waals surface area (Å²) >= 11 is 0. The molecular weight excluding hydrogens is 336 g/mol. The van der Waals surface area contributed by atoms with E-state index in [-0.39, 0.29) is 24.3 Å². The molecule has 0 saturated carbocycles. The maximum Gasteiger partial charge on any atom is 0.331 e. The number of nitrogens with zero attached hydrogens (tertiary/aromatic N) is 1. The predicted octanol–water partition coefficient (Wildman–Crippen LogP) is 1.37. The molecule has 0 radical (unpaired) electrons. The molecule has 1 fully saturated rings. The van der Waals surface area contributed by atoms with Crippen molar-refractivity contribution in [2.75, 3.05) is 26.3 Å². The molecule has 2 rings (SSSR count). The van der Waals surface area contributed by atoms with Crippen LogP contribution in [0.1, 0.15) is 25.3 Å². The van der Waals surface area contributed by atoms with Crippen LogP contribution in [-0.4, -0.2) is 49.0 Å². The number of piperidine rings is 1. The number of ether oxygens (including phenoxy) is 2. The van der Waals surface area contributed by atoms with Gasteiger partial charge in [0.15, 0.2) is 6.61 Å². The monoisotopic (exact) mass is 360 g/mol. The second kappa shape index (κ2) is 9.60. The minimum atomic E-state index is -0.584. The van der Waals surface area contributed by atoms with Crippen LogP contribution in [0, 0.1) is 5.92 Å². The Bertz CT molecular complexity index is 661. The van der Waals surface area contributed by atoms with Crippen LogP contribution in [0.2, 0.25) is 0 Å². The third-order valence-corrected chi connectivity index (χ3v) is 4.19. The third kappa shape index (κ3) is 5.91. The van der Waals surface area contributed by atoms with Crippen molar-refractivity contribution >= 4 is 23.9 Å². The summed E-state index contributed by atoms with van der Waals surface area (Å²) in [4.78, 5) is 36.5. The zero-order valence-electron chi connectivity index (χ0n) is 14.8. The van der Waals surface area contributed by atoms with Crippen LogP contribution in [0.15, 0.2) is 30.3 Å². The van der Waals surface area contributed by atoms with Gasteiger partial charge in [-0.25, -0.2) is 4.79 Å². The van der Waals surface area contributed by atoms with Gasteiger partial charge in [0, 0.05) is 25.1 Å². The molecule has 1 aromatic carbocycles. The number of carbonyl (C=O) groups is 3. The summed E-state index contributed by atoms with van der Waals surface area (Å²) in [5.41, 5.74) is 6.09. The summed E-state index contributed by atoms with van der Waals surface area (Å²) in [5, 5.41) is 0. The van der Waals surface area contributed by atoms with Crippen LogP contribution in [0.25, 0.3) is 6.08 Å². The van der Waals surface area contributed by atoms with Gasteiger partial charge in [0.1, 0.15) is 5.75 Å². The third-order valence-electron chi connectivity index (χ3n) is 4.19. The Morgan fingerprint density at radius 1 is 1.19 bits per heavy atom. The lowest BCUT2D eigenvalue weighted by molar-refractivity contribution is -0.149. The molecule has 1 aliphatic heterocycles. The zero-order chi connectivity index (χ0) is 18.9. The van der Waals surface area contributed by atoms with Crippen molar-refractivity contribution in [2.45, 2.75) is 19.8 Å². The minimum absolute atomic E-state index is 0.182. The van der Waals surface area contributed by atoms with Crippen LogP contribution in [0.3, 0.4) is 0 Å². The number of nitrogens with two attached hydrogens (primary N) is 1. The van der Waals surface area contributed by atoms with Gasteiger partial charge in [-0.05, 0) is 43.5 Å². The van der Waals surface area contributed by atoms with Crippen molar-refractivity contribution in [1.82, 2.24) is 4.90 Å². The molecule has 7 heteroatoms. The van der Waals surface area contributed by atoms with Crippen LogP contribution in [0.5, 0.6) is 5.75 Å². The van der Waals surface area contributed by atoms with E-state index in [0.29, 0.717) is 32.5 Å². The molecule has 140 valence electrons. The molecule has 0 bridgehead atoms. The highest BCUT2D eigenvalue weighted by Crippen LogP contribution is 2.16. The molecule has 1 saturated heterocycles. The van der Waals surface area contributed by atoms with E-state index in [9.17, 15) is 14.4 Å². The van der Waals surface area contributed by atoms with Crippen molar-refractivity contribution < 1.29 is 23.9 Å². The summed E-state index contributed by atoms with van der Waals surface area (Å²) in [5.74, 6) is -0.602. The van der Waals surface area contributed by atoms with E-state index in [1.807, 2.05) is 31.2 Å². The number of amides is 2. The summed E-state index contributed by atoms with van der Waals surface area (Å²) in [6.07, 6.45) is 3.99. The smallest absolute Gasteiger partial charge is 0.331 e. The highest BCUT2D eigenvalue weighted by molar-refractivity contribution is 5.89. The molecule has 7 nitrogen and oxygen atoms in total. The van der Waals surface area contributed by atoms with Crippen LogP contribution >= 0.6 is 0 Å². The molecule has 0 aromatic heterocycles. The number of hydrogen-bond acceptors (Lipinski definition) is 5. The molecule has 1 heterocycles. The Balaban J connectivity index is 1.74. The number of primary amides is 1. The van der Waals surface area contributed by atoms with Gasteiger partial charge in [-0.1, -0.05) is 12.1 Å². The summed E-state index contributed by atoms with van der Waals surface area (Å²) < 4.78 is 10.3. The van der Waals surface area contributed by atoms with E-state index in [0.717, 1.165) is 11.3 Å². The van der Waals surface area contributed by atoms with E-state index in [1.165, 1.54) is 6.08 Å². The quantitative estimate of drug-likeness (QED) is 0.585. The van der Waals surface area contributed by atoms with E-state index in [1.54, 1.807) is 11.0 Å². The fourth-order valence-corrected chi connectivity index (χ4v) is 2.69. The lowest BCUT2D eigenvalue weighted by Gasteiger charge is -2.30. The fraction of sp³-hybridized carbons (Fsp3) is 0.421. The Hall–Kier alpha value is -2.83. The SMILES string of the molecule is CCOc1ccc(/C=C/C(=O)OCC(=O)N2CCC(C(N)=O)CC2)cc1. The Labute approximate surface area is 152 Å². The van der Waals surface area contributed by atoms with Gasteiger partial charge in [-0.2, -0.15) is 0 Å². The predicted molar refractivity (Wildman–Crippen MR) is 96.1 cm³/mol. The topological polar surface area (TPSA) is 98.9 Å². The normalized spacial score (nSPS) is 15.0. The molecular formula is C19H24N2O5. The molecule has 2 amide bonds. The maximum atomic E-state index is 12.0. The fourth-order valence-electron chi connectivity index (χ4n) is 2.69. The maximum absolute atomic E-state index is 12.0. The van der Waals surface area contributed by atoms with Crippen molar-refractivity contribution in [3.05, 3.63) is 35.9 Å². The molecule has 0 aliphatic carbocycles. The van der Waals surface area contributed by atoms with Crippen molar-refractivity contribution in [3.63, 3.8) is 0 Å². The Morgan fingerprint density at radius 2 is 1.85 bits per heavy atom. The van der Waals surface area contributed by atoms with Gasteiger partial charge >= 0.3 is 5.97 Å². The van der Waals surface area contributed by atoms with Crippen LogP contribution < -0.4 is 10.5 Å².